The van der Waals surface area contributed by atoms with Crippen LogP contribution in [-0.2, 0) is 4.79 Å². The minimum atomic E-state index is -0.405. The lowest BCUT2D eigenvalue weighted by atomic mass is 10.2. The number of urea groups is 1. The summed E-state index contributed by atoms with van der Waals surface area (Å²) in [7, 11) is 0. The van der Waals surface area contributed by atoms with Crippen molar-refractivity contribution in [2.24, 2.45) is 0 Å². The first-order chi connectivity index (χ1) is 8.22. The molecule has 0 radical (unpaired) electrons. The van der Waals surface area contributed by atoms with E-state index in [9.17, 15) is 9.59 Å². The first-order valence-corrected chi connectivity index (χ1v) is 5.33. The van der Waals surface area contributed by atoms with Gasteiger partial charge < -0.3 is 5.32 Å². The van der Waals surface area contributed by atoms with E-state index in [1.807, 2.05) is 6.07 Å². The highest BCUT2D eigenvalue weighted by Gasteiger charge is 2.25. The highest BCUT2D eigenvalue weighted by Crippen LogP contribution is 2.18. The number of hydrogen-bond acceptors (Lipinski definition) is 3. The zero-order chi connectivity index (χ0) is 12.3. The van der Waals surface area contributed by atoms with Gasteiger partial charge in [0.05, 0.1) is 17.3 Å². The molecule has 1 aliphatic rings. The Kier molecular flexibility index (Phi) is 3.06. The molecule has 0 unspecified atom stereocenters. The van der Waals surface area contributed by atoms with Crippen LogP contribution < -0.4 is 10.2 Å². The van der Waals surface area contributed by atoms with E-state index in [1.165, 1.54) is 0 Å². The summed E-state index contributed by atoms with van der Waals surface area (Å²) in [6.45, 7) is 0.511. The summed E-state index contributed by atoms with van der Waals surface area (Å²) in [6, 6.07) is 7.95. The summed E-state index contributed by atoms with van der Waals surface area (Å²) in [5, 5.41) is 11.3. The van der Waals surface area contributed by atoms with Gasteiger partial charge in [-0.3, -0.25) is 4.79 Å². The average molecular weight is 229 g/mol. The van der Waals surface area contributed by atoms with Crippen LogP contribution in [0.4, 0.5) is 10.5 Å². The molecule has 1 N–H and O–H groups in total. The Labute approximate surface area is 98.6 Å². The molecule has 5 heteroatoms. The molecule has 17 heavy (non-hydrogen) atoms. The van der Waals surface area contributed by atoms with Gasteiger partial charge in [0.1, 0.15) is 0 Å². The molecule has 2 rings (SSSR count). The van der Waals surface area contributed by atoms with Crippen molar-refractivity contribution < 1.29 is 9.59 Å². The lowest BCUT2D eigenvalue weighted by molar-refractivity contribution is -0.117. The molecule has 5 nitrogen and oxygen atoms in total. The highest BCUT2D eigenvalue weighted by molar-refractivity contribution is 6.14. The zero-order valence-electron chi connectivity index (χ0n) is 9.14. The SMILES string of the molecule is N#Cc1ccc(N2C(=O)CCCNC2=O)cc1. The third-order valence-electron chi connectivity index (χ3n) is 2.55. The fraction of sp³-hybridized carbons (Fsp3) is 0.250. The van der Waals surface area contributed by atoms with Crippen LogP contribution in [0.3, 0.4) is 0 Å². The van der Waals surface area contributed by atoms with Crippen molar-refractivity contribution in [3.05, 3.63) is 29.8 Å². The van der Waals surface area contributed by atoms with Crippen molar-refractivity contribution >= 4 is 17.6 Å². The van der Waals surface area contributed by atoms with E-state index in [1.54, 1.807) is 24.3 Å². The number of amides is 3. The van der Waals surface area contributed by atoms with Gasteiger partial charge in [-0.25, -0.2) is 9.69 Å². The molecule has 0 aliphatic carbocycles. The molecule has 3 amide bonds. The lowest BCUT2D eigenvalue weighted by Crippen LogP contribution is -2.41. The van der Waals surface area contributed by atoms with Crippen LogP contribution in [-0.4, -0.2) is 18.5 Å². The minimum Gasteiger partial charge on any atom is -0.337 e. The Morgan fingerprint density at radius 2 is 1.94 bits per heavy atom. The van der Waals surface area contributed by atoms with Crippen LogP contribution in [0.25, 0.3) is 0 Å². The summed E-state index contributed by atoms with van der Waals surface area (Å²) in [4.78, 5) is 24.6. The molecule has 1 saturated heterocycles. The van der Waals surface area contributed by atoms with Crippen molar-refractivity contribution in [2.45, 2.75) is 12.8 Å². The van der Waals surface area contributed by atoms with E-state index in [0.717, 1.165) is 4.90 Å². The van der Waals surface area contributed by atoms with Crippen molar-refractivity contribution in [3.63, 3.8) is 0 Å². The number of nitriles is 1. The van der Waals surface area contributed by atoms with Crippen molar-refractivity contribution in [1.82, 2.24) is 5.32 Å². The standard InChI is InChI=1S/C12H11N3O2/c13-8-9-3-5-10(6-4-9)15-11(16)2-1-7-14-12(15)17/h3-6H,1-2,7H2,(H,14,17). The second kappa shape index (κ2) is 4.66. The third kappa shape index (κ3) is 2.26. The number of imide groups is 1. The normalized spacial score (nSPS) is 16.1. The largest absolute Gasteiger partial charge is 0.337 e. The lowest BCUT2D eigenvalue weighted by Gasteiger charge is -2.18. The molecule has 1 fully saturated rings. The highest BCUT2D eigenvalue weighted by atomic mass is 16.2. The summed E-state index contributed by atoms with van der Waals surface area (Å²) in [5.74, 6) is -0.218. The average Bonchev–Trinajstić information content (AvgIpc) is 2.51. The molecule has 86 valence electrons. The van der Waals surface area contributed by atoms with Gasteiger partial charge in [0, 0.05) is 13.0 Å². The van der Waals surface area contributed by atoms with Crippen LogP contribution in [0, 0.1) is 11.3 Å². The molecule has 0 saturated carbocycles. The molecule has 1 aromatic carbocycles. The number of anilines is 1. The third-order valence-corrected chi connectivity index (χ3v) is 2.55. The fourth-order valence-corrected chi connectivity index (χ4v) is 1.69. The van der Waals surface area contributed by atoms with Crippen LogP contribution >= 0.6 is 0 Å². The van der Waals surface area contributed by atoms with Crippen LogP contribution in [0.5, 0.6) is 0 Å². The van der Waals surface area contributed by atoms with Crippen molar-refractivity contribution in [2.75, 3.05) is 11.4 Å². The maximum atomic E-state index is 11.8. The van der Waals surface area contributed by atoms with Gasteiger partial charge in [0.2, 0.25) is 5.91 Å². The molecule has 1 heterocycles. The summed E-state index contributed by atoms with van der Waals surface area (Å²) >= 11 is 0. The molecular weight excluding hydrogens is 218 g/mol. The monoisotopic (exact) mass is 229 g/mol. The van der Waals surface area contributed by atoms with E-state index in [4.69, 9.17) is 5.26 Å². The summed E-state index contributed by atoms with van der Waals surface area (Å²) in [6.07, 6.45) is 0.996. The smallest absolute Gasteiger partial charge is 0.328 e. The number of nitrogens with one attached hydrogen (secondary N) is 1. The zero-order valence-corrected chi connectivity index (χ0v) is 9.14. The van der Waals surface area contributed by atoms with E-state index in [0.29, 0.717) is 30.6 Å². The van der Waals surface area contributed by atoms with E-state index >= 15 is 0 Å². The Bertz CT molecular complexity index is 469. The van der Waals surface area contributed by atoms with Gasteiger partial charge in [-0.15, -0.1) is 0 Å². The Balaban J connectivity index is 2.32. The molecule has 1 aliphatic heterocycles. The molecule has 0 aromatic heterocycles. The second-order valence-corrected chi connectivity index (χ2v) is 3.72. The number of carbonyl (C=O) groups excluding carboxylic acids is 2. The van der Waals surface area contributed by atoms with Crippen molar-refractivity contribution in [1.29, 1.82) is 5.26 Å². The van der Waals surface area contributed by atoms with E-state index in [-0.39, 0.29) is 5.91 Å². The van der Waals surface area contributed by atoms with Crippen LogP contribution in [0.1, 0.15) is 18.4 Å². The van der Waals surface area contributed by atoms with Gasteiger partial charge >= 0.3 is 6.03 Å². The van der Waals surface area contributed by atoms with Gasteiger partial charge in [-0.1, -0.05) is 0 Å². The molecular formula is C12H11N3O2. The quantitative estimate of drug-likeness (QED) is 0.790. The predicted octanol–water partition coefficient (Wildman–Crippen LogP) is 1.39. The number of hydrogen-bond donors (Lipinski definition) is 1. The first-order valence-electron chi connectivity index (χ1n) is 5.33. The second-order valence-electron chi connectivity index (χ2n) is 3.72. The molecule has 0 atom stereocenters. The van der Waals surface area contributed by atoms with E-state index in [2.05, 4.69) is 5.32 Å². The van der Waals surface area contributed by atoms with E-state index < -0.39 is 6.03 Å². The number of rotatable bonds is 1. The van der Waals surface area contributed by atoms with Gasteiger partial charge in [0.25, 0.3) is 0 Å². The Morgan fingerprint density at radius 3 is 2.59 bits per heavy atom. The molecule has 0 spiro atoms. The Hall–Kier alpha value is -2.35. The summed E-state index contributed by atoms with van der Waals surface area (Å²) in [5.41, 5.74) is 0.991. The summed E-state index contributed by atoms with van der Waals surface area (Å²) < 4.78 is 0. The predicted molar refractivity (Wildman–Crippen MR) is 61.3 cm³/mol. The maximum Gasteiger partial charge on any atom is 0.328 e. The van der Waals surface area contributed by atoms with Gasteiger partial charge in [0.15, 0.2) is 0 Å². The van der Waals surface area contributed by atoms with Gasteiger partial charge in [-0.05, 0) is 30.7 Å². The van der Waals surface area contributed by atoms with Crippen LogP contribution in [0.15, 0.2) is 24.3 Å². The Morgan fingerprint density at radius 1 is 1.24 bits per heavy atom. The van der Waals surface area contributed by atoms with Crippen molar-refractivity contribution in [3.8, 4) is 6.07 Å². The number of nitrogens with zero attached hydrogens (tertiary/aromatic N) is 2. The maximum absolute atomic E-state index is 11.8. The molecule has 0 bridgehead atoms. The number of benzene rings is 1. The fourth-order valence-electron chi connectivity index (χ4n) is 1.69. The first kappa shape index (κ1) is 11.1. The molecule has 1 aromatic rings. The minimum absolute atomic E-state index is 0.218. The van der Waals surface area contributed by atoms with Gasteiger partial charge in [-0.2, -0.15) is 5.26 Å². The van der Waals surface area contributed by atoms with Crippen LogP contribution in [0.2, 0.25) is 0 Å². The number of carbonyl (C=O) groups is 2. The topological polar surface area (TPSA) is 73.2 Å².